The molecule has 5 nitrogen and oxygen atoms in total. The van der Waals surface area contributed by atoms with E-state index in [1.165, 1.54) is 6.33 Å². The Kier molecular flexibility index (Phi) is 3.52. The van der Waals surface area contributed by atoms with Gasteiger partial charge in [-0.15, -0.1) is 11.3 Å². The van der Waals surface area contributed by atoms with E-state index in [1.807, 2.05) is 5.38 Å². The van der Waals surface area contributed by atoms with Gasteiger partial charge >= 0.3 is 0 Å². The van der Waals surface area contributed by atoms with Gasteiger partial charge in [0.25, 0.3) is 0 Å². The molecule has 0 bridgehead atoms. The van der Waals surface area contributed by atoms with E-state index in [0.717, 1.165) is 36.8 Å². The molecular formula is C12H13ClN5S. The maximum absolute atomic E-state index is 6.19. The zero-order chi connectivity index (χ0) is 13.2. The van der Waals surface area contributed by atoms with Crippen LogP contribution in [0.25, 0.3) is 0 Å². The second-order valence-corrected chi connectivity index (χ2v) is 5.76. The number of nitrogen functional groups attached to an aromatic ring is 1. The fraction of sp³-hybridized carbons (Fsp3) is 0.417. The minimum atomic E-state index is 0.330. The molecule has 2 aromatic rings. The first-order valence-corrected chi connectivity index (χ1v) is 7.34. The molecule has 0 spiro atoms. The van der Waals surface area contributed by atoms with Crippen LogP contribution in [-0.2, 0) is 0 Å². The van der Waals surface area contributed by atoms with E-state index in [4.69, 9.17) is 17.3 Å². The van der Waals surface area contributed by atoms with Crippen molar-refractivity contribution >= 4 is 34.6 Å². The van der Waals surface area contributed by atoms with Crippen LogP contribution in [-0.4, -0.2) is 28.0 Å². The van der Waals surface area contributed by atoms with E-state index in [-0.39, 0.29) is 0 Å². The molecule has 1 saturated heterocycles. The SMILES string of the molecule is Nc1ncnc(N2CCCC(c3n[c]cs3)C2)c1Cl. The Morgan fingerprint density at radius 2 is 2.37 bits per heavy atom. The molecule has 1 aliphatic heterocycles. The summed E-state index contributed by atoms with van der Waals surface area (Å²) in [6.07, 6.45) is 6.56. The van der Waals surface area contributed by atoms with Gasteiger partial charge in [-0.05, 0) is 12.8 Å². The van der Waals surface area contributed by atoms with Crippen LogP contribution in [0.2, 0.25) is 5.02 Å². The first kappa shape index (κ1) is 12.6. The van der Waals surface area contributed by atoms with Crippen molar-refractivity contribution in [1.82, 2.24) is 15.0 Å². The summed E-state index contributed by atoms with van der Waals surface area (Å²) in [6, 6.07) is 0. The molecule has 0 aliphatic carbocycles. The third-order valence-electron chi connectivity index (χ3n) is 3.28. The van der Waals surface area contributed by atoms with E-state index in [0.29, 0.717) is 16.8 Å². The number of anilines is 2. The lowest BCUT2D eigenvalue weighted by Crippen LogP contribution is -2.35. The van der Waals surface area contributed by atoms with E-state index in [9.17, 15) is 0 Å². The fourth-order valence-corrected chi connectivity index (χ4v) is 3.29. The van der Waals surface area contributed by atoms with Gasteiger partial charge in [-0.3, -0.25) is 0 Å². The molecule has 1 aliphatic rings. The van der Waals surface area contributed by atoms with Crippen molar-refractivity contribution in [3.63, 3.8) is 0 Å². The maximum Gasteiger partial charge on any atom is 0.153 e. The summed E-state index contributed by atoms with van der Waals surface area (Å²) in [7, 11) is 0. The Balaban J connectivity index is 1.84. The number of nitrogens with zero attached hydrogens (tertiary/aromatic N) is 4. The standard InChI is InChI=1S/C12H13ClN5S/c13-9-10(14)16-7-17-11(9)18-4-1-2-8(6-18)12-15-3-5-19-12/h5,7-8H,1-2,4,6H2,(H2,14,16,17). The zero-order valence-electron chi connectivity index (χ0n) is 10.2. The Bertz CT molecular complexity index is 559. The first-order valence-electron chi connectivity index (χ1n) is 6.08. The summed E-state index contributed by atoms with van der Waals surface area (Å²) in [5.74, 6) is 1.47. The summed E-state index contributed by atoms with van der Waals surface area (Å²) >= 11 is 7.84. The molecule has 7 heteroatoms. The Hall–Kier alpha value is -1.40. The lowest BCUT2D eigenvalue weighted by molar-refractivity contribution is 0.505. The second kappa shape index (κ2) is 5.30. The maximum atomic E-state index is 6.19. The van der Waals surface area contributed by atoms with Crippen LogP contribution in [0.5, 0.6) is 0 Å². The summed E-state index contributed by atoms with van der Waals surface area (Å²) in [5, 5.41) is 3.46. The Labute approximate surface area is 120 Å². The molecule has 1 atom stereocenters. The second-order valence-electron chi connectivity index (χ2n) is 4.50. The van der Waals surface area contributed by atoms with Crippen molar-refractivity contribution < 1.29 is 0 Å². The minimum absolute atomic E-state index is 0.330. The molecule has 1 fully saturated rings. The quantitative estimate of drug-likeness (QED) is 0.921. The highest BCUT2D eigenvalue weighted by atomic mass is 35.5. The van der Waals surface area contributed by atoms with Gasteiger partial charge < -0.3 is 10.6 Å². The highest BCUT2D eigenvalue weighted by Crippen LogP contribution is 2.34. The molecule has 2 aromatic heterocycles. The molecule has 3 heterocycles. The smallest absolute Gasteiger partial charge is 0.153 e. The van der Waals surface area contributed by atoms with Crippen molar-refractivity contribution in [1.29, 1.82) is 0 Å². The number of hydrogen-bond donors (Lipinski definition) is 1. The molecule has 0 aromatic carbocycles. The molecule has 2 N–H and O–H groups in total. The molecule has 1 radical (unpaired) electrons. The van der Waals surface area contributed by atoms with Gasteiger partial charge in [-0.25, -0.2) is 15.0 Å². The lowest BCUT2D eigenvalue weighted by Gasteiger charge is -2.33. The predicted octanol–water partition coefficient (Wildman–Crippen LogP) is 2.35. The van der Waals surface area contributed by atoms with Crippen molar-refractivity contribution in [3.05, 3.63) is 27.9 Å². The van der Waals surface area contributed by atoms with Crippen molar-refractivity contribution in [2.24, 2.45) is 0 Å². The highest BCUT2D eigenvalue weighted by Gasteiger charge is 2.25. The van der Waals surface area contributed by atoms with Crippen molar-refractivity contribution in [2.45, 2.75) is 18.8 Å². The molecular weight excluding hydrogens is 282 g/mol. The summed E-state index contributed by atoms with van der Waals surface area (Å²) in [4.78, 5) is 14.6. The highest BCUT2D eigenvalue weighted by molar-refractivity contribution is 7.09. The van der Waals surface area contributed by atoms with Gasteiger partial charge in [0.2, 0.25) is 0 Å². The summed E-state index contributed by atoms with van der Waals surface area (Å²) < 4.78 is 0. The van der Waals surface area contributed by atoms with E-state index in [1.54, 1.807) is 11.3 Å². The molecule has 0 saturated carbocycles. The number of nitrogens with two attached hydrogens (primary N) is 1. The third-order valence-corrected chi connectivity index (χ3v) is 4.53. The largest absolute Gasteiger partial charge is 0.382 e. The Morgan fingerprint density at radius 1 is 1.47 bits per heavy atom. The summed E-state index contributed by atoms with van der Waals surface area (Å²) in [5.41, 5.74) is 5.73. The van der Waals surface area contributed by atoms with Crippen LogP contribution in [0, 0.1) is 6.20 Å². The molecule has 99 valence electrons. The first-order chi connectivity index (χ1) is 9.25. The number of thiazole rings is 1. The van der Waals surface area contributed by atoms with Crippen LogP contribution in [0.15, 0.2) is 11.7 Å². The van der Waals surface area contributed by atoms with E-state index >= 15 is 0 Å². The Morgan fingerprint density at radius 3 is 3.16 bits per heavy atom. The van der Waals surface area contributed by atoms with Gasteiger partial charge in [-0.2, -0.15) is 0 Å². The van der Waals surface area contributed by atoms with Gasteiger partial charge in [0.1, 0.15) is 23.4 Å². The van der Waals surface area contributed by atoms with Crippen LogP contribution in [0.3, 0.4) is 0 Å². The van der Waals surface area contributed by atoms with Gasteiger partial charge in [0.05, 0.1) is 5.01 Å². The van der Waals surface area contributed by atoms with E-state index in [2.05, 4.69) is 26.0 Å². The van der Waals surface area contributed by atoms with Gasteiger partial charge in [0.15, 0.2) is 5.82 Å². The average Bonchev–Trinajstić information content (AvgIpc) is 2.96. The van der Waals surface area contributed by atoms with Crippen molar-refractivity contribution in [2.75, 3.05) is 23.7 Å². The molecule has 19 heavy (non-hydrogen) atoms. The topological polar surface area (TPSA) is 67.9 Å². The minimum Gasteiger partial charge on any atom is -0.382 e. The zero-order valence-corrected chi connectivity index (χ0v) is 11.8. The number of halogens is 1. The number of rotatable bonds is 2. The monoisotopic (exact) mass is 294 g/mol. The lowest BCUT2D eigenvalue weighted by atomic mass is 9.99. The number of hydrogen-bond acceptors (Lipinski definition) is 6. The fourth-order valence-electron chi connectivity index (χ4n) is 2.36. The van der Waals surface area contributed by atoms with Crippen molar-refractivity contribution in [3.8, 4) is 0 Å². The van der Waals surface area contributed by atoms with E-state index < -0.39 is 0 Å². The van der Waals surface area contributed by atoms with Crippen LogP contribution >= 0.6 is 22.9 Å². The molecule has 3 rings (SSSR count). The molecule has 0 amide bonds. The summed E-state index contributed by atoms with van der Waals surface area (Å²) in [6.45, 7) is 1.79. The number of piperidine rings is 1. The van der Waals surface area contributed by atoms with Crippen LogP contribution in [0.1, 0.15) is 23.8 Å². The van der Waals surface area contributed by atoms with Gasteiger partial charge in [0, 0.05) is 24.4 Å². The number of aromatic nitrogens is 3. The normalized spacial score (nSPS) is 19.6. The third kappa shape index (κ3) is 2.50. The van der Waals surface area contributed by atoms with Gasteiger partial charge in [-0.1, -0.05) is 11.6 Å². The van der Waals surface area contributed by atoms with Crippen LogP contribution < -0.4 is 10.6 Å². The average molecular weight is 295 g/mol. The molecule has 1 unspecified atom stereocenters. The van der Waals surface area contributed by atoms with Crippen LogP contribution in [0.4, 0.5) is 11.6 Å². The predicted molar refractivity (Wildman–Crippen MR) is 76.6 cm³/mol.